The summed E-state index contributed by atoms with van der Waals surface area (Å²) in [6.45, 7) is 8.71. The van der Waals surface area contributed by atoms with Crippen LogP contribution in [-0.2, 0) is 4.74 Å². The third-order valence-corrected chi connectivity index (χ3v) is 4.04. The maximum absolute atomic E-state index is 11.7. The minimum absolute atomic E-state index is 0.217. The van der Waals surface area contributed by atoms with Gasteiger partial charge in [-0.25, -0.2) is 9.78 Å². The predicted molar refractivity (Wildman–Crippen MR) is 95.4 cm³/mol. The molecule has 1 aliphatic heterocycles. The lowest BCUT2D eigenvalue weighted by atomic mass is 10.1. The fourth-order valence-corrected chi connectivity index (χ4v) is 2.72. The Hall–Kier alpha value is -2.05. The maximum atomic E-state index is 11.7. The van der Waals surface area contributed by atoms with Crippen LogP contribution >= 0.6 is 0 Å². The van der Waals surface area contributed by atoms with Crippen LogP contribution in [0, 0.1) is 6.92 Å². The van der Waals surface area contributed by atoms with Crippen molar-refractivity contribution < 1.29 is 9.53 Å². The van der Waals surface area contributed by atoms with Crippen LogP contribution in [0.25, 0.3) is 0 Å². The molecule has 0 aliphatic carbocycles. The number of anilines is 2. The van der Waals surface area contributed by atoms with Crippen molar-refractivity contribution >= 4 is 17.9 Å². The van der Waals surface area contributed by atoms with Crippen molar-refractivity contribution in [1.82, 2.24) is 14.9 Å². The molecule has 2 heterocycles. The number of nitrogens with zero attached hydrogens (tertiary/aromatic N) is 3. The fraction of sp³-hybridized carbons (Fsp3) is 0.706. The molecule has 0 aromatic carbocycles. The summed E-state index contributed by atoms with van der Waals surface area (Å²) in [6, 6.07) is 2.24. The molecule has 7 nitrogen and oxygen atoms in total. The van der Waals surface area contributed by atoms with Crippen molar-refractivity contribution in [1.29, 1.82) is 0 Å². The Morgan fingerprint density at radius 2 is 2.08 bits per heavy atom. The zero-order chi connectivity index (χ0) is 17.4. The van der Waals surface area contributed by atoms with E-state index in [0.29, 0.717) is 25.6 Å². The van der Waals surface area contributed by atoms with Gasteiger partial charge in [0.05, 0.1) is 6.61 Å². The first kappa shape index (κ1) is 18.3. The van der Waals surface area contributed by atoms with Gasteiger partial charge in [-0.2, -0.15) is 4.98 Å². The first-order chi connectivity index (χ1) is 11.6. The number of amides is 1. The van der Waals surface area contributed by atoms with Crippen LogP contribution in [0.5, 0.6) is 0 Å². The summed E-state index contributed by atoms with van der Waals surface area (Å²) in [5.41, 5.74) is 0.940. The molecule has 134 valence electrons. The smallest absolute Gasteiger partial charge is 0.409 e. The summed E-state index contributed by atoms with van der Waals surface area (Å²) >= 11 is 0. The second kappa shape index (κ2) is 9.30. The molecule has 1 amide bonds. The van der Waals surface area contributed by atoms with E-state index in [4.69, 9.17) is 4.74 Å². The summed E-state index contributed by atoms with van der Waals surface area (Å²) in [5, 5.41) is 6.74. The predicted octanol–water partition coefficient (Wildman–Crippen LogP) is 3.03. The number of hydrogen-bond acceptors (Lipinski definition) is 6. The quantitative estimate of drug-likeness (QED) is 0.746. The van der Waals surface area contributed by atoms with Gasteiger partial charge in [0, 0.05) is 37.4 Å². The summed E-state index contributed by atoms with van der Waals surface area (Å²) < 4.78 is 5.05. The van der Waals surface area contributed by atoms with Gasteiger partial charge in [-0.3, -0.25) is 0 Å². The number of carbonyl (C=O) groups excluding carboxylic acids is 1. The highest BCUT2D eigenvalue weighted by atomic mass is 16.6. The molecule has 1 aliphatic rings. The lowest BCUT2D eigenvalue weighted by Gasteiger charge is -2.31. The van der Waals surface area contributed by atoms with Gasteiger partial charge in [0.15, 0.2) is 0 Å². The molecule has 1 aromatic heterocycles. The number of unbranched alkanes of at least 4 members (excludes halogenated alkanes) is 1. The maximum Gasteiger partial charge on any atom is 0.409 e. The molecule has 0 spiro atoms. The van der Waals surface area contributed by atoms with Crippen molar-refractivity contribution in [3.05, 3.63) is 11.8 Å². The number of piperidine rings is 1. The van der Waals surface area contributed by atoms with E-state index in [9.17, 15) is 4.79 Å². The molecule has 7 heteroatoms. The first-order valence-corrected chi connectivity index (χ1v) is 8.90. The molecule has 1 saturated heterocycles. The van der Waals surface area contributed by atoms with Gasteiger partial charge in [-0.05, 0) is 33.1 Å². The third-order valence-electron chi connectivity index (χ3n) is 4.04. The molecule has 2 rings (SSSR count). The van der Waals surface area contributed by atoms with E-state index in [2.05, 4.69) is 27.5 Å². The number of hydrogen-bond donors (Lipinski definition) is 2. The van der Waals surface area contributed by atoms with E-state index in [1.165, 1.54) is 0 Å². The Morgan fingerprint density at radius 1 is 1.33 bits per heavy atom. The first-order valence-electron chi connectivity index (χ1n) is 8.90. The molecule has 0 saturated carbocycles. The monoisotopic (exact) mass is 335 g/mol. The Morgan fingerprint density at radius 3 is 2.75 bits per heavy atom. The van der Waals surface area contributed by atoms with Gasteiger partial charge < -0.3 is 20.3 Å². The number of carbonyl (C=O) groups is 1. The van der Waals surface area contributed by atoms with Crippen LogP contribution in [0.4, 0.5) is 16.6 Å². The normalized spacial score (nSPS) is 15.2. The van der Waals surface area contributed by atoms with Crippen molar-refractivity contribution in [2.24, 2.45) is 0 Å². The molecular weight excluding hydrogens is 306 g/mol. The molecule has 0 atom stereocenters. The minimum atomic E-state index is -0.217. The zero-order valence-electron chi connectivity index (χ0n) is 15.0. The van der Waals surface area contributed by atoms with Gasteiger partial charge >= 0.3 is 6.09 Å². The van der Waals surface area contributed by atoms with Crippen molar-refractivity contribution in [2.75, 3.05) is 36.9 Å². The number of rotatable bonds is 7. The molecule has 2 N–H and O–H groups in total. The lowest BCUT2D eigenvalue weighted by molar-refractivity contribution is 0.0983. The van der Waals surface area contributed by atoms with Crippen LogP contribution in [0.1, 0.15) is 45.2 Å². The van der Waals surface area contributed by atoms with Crippen LogP contribution < -0.4 is 10.6 Å². The SMILES string of the molecule is CCCCNc1cc(C)nc(NC2CCN(C(=O)OCC)CC2)n1. The van der Waals surface area contributed by atoms with Crippen LogP contribution in [0.3, 0.4) is 0 Å². The summed E-state index contributed by atoms with van der Waals surface area (Å²) in [6.07, 6.45) is 3.80. The number of aryl methyl sites for hydroxylation is 1. The lowest BCUT2D eigenvalue weighted by Crippen LogP contribution is -2.42. The number of likely N-dealkylation sites (tertiary alicyclic amines) is 1. The van der Waals surface area contributed by atoms with E-state index < -0.39 is 0 Å². The second-order valence-corrected chi connectivity index (χ2v) is 6.10. The molecule has 0 unspecified atom stereocenters. The highest BCUT2D eigenvalue weighted by molar-refractivity contribution is 5.67. The zero-order valence-corrected chi connectivity index (χ0v) is 15.0. The van der Waals surface area contributed by atoms with Gasteiger partial charge in [-0.1, -0.05) is 13.3 Å². The molecule has 0 radical (unpaired) electrons. The van der Waals surface area contributed by atoms with Crippen LogP contribution in [0.2, 0.25) is 0 Å². The summed E-state index contributed by atoms with van der Waals surface area (Å²) in [5.74, 6) is 1.52. The molecule has 1 aromatic rings. The average molecular weight is 335 g/mol. The van der Waals surface area contributed by atoms with Gasteiger partial charge in [0.2, 0.25) is 5.95 Å². The van der Waals surface area contributed by atoms with Crippen LogP contribution in [0.15, 0.2) is 6.07 Å². The van der Waals surface area contributed by atoms with E-state index in [0.717, 1.165) is 43.7 Å². The van der Waals surface area contributed by atoms with E-state index in [-0.39, 0.29) is 12.1 Å². The van der Waals surface area contributed by atoms with Gasteiger partial charge in [0.25, 0.3) is 0 Å². The van der Waals surface area contributed by atoms with Gasteiger partial charge in [-0.15, -0.1) is 0 Å². The molecule has 24 heavy (non-hydrogen) atoms. The number of ether oxygens (including phenoxy) is 1. The van der Waals surface area contributed by atoms with E-state index in [1.54, 1.807) is 4.90 Å². The highest BCUT2D eigenvalue weighted by Crippen LogP contribution is 2.17. The Labute approximate surface area is 144 Å². The summed E-state index contributed by atoms with van der Waals surface area (Å²) in [7, 11) is 0. The molecule has 1 fully saturated rings. The minimum Gasteiger partial charge on any atom is -0.450 e. The van der Waals surface area contributed by atoms with Crippen molar-refractivity contribution in [3.63, 3.8) is 0 Å². The summed E-state index contributed by atoms with van der Waals surface area (Å²) in [4.78, 5) is 22.5. The van der Waals surface area contributed by atoms with E-state index in [1.807, 2.05) is 19.9 Å². The Balaban J connectivity index is 1.86. The highest BCUT2D eigenvalue weighted by Gasteiger charge is 2.24. The third kappa shape index (κ3) is 5.54. The Kier molecular flexibility index (Phi) is 7.08. The largest absolute Gasteiger partial charge is 0.450 e. The van der Waals surface area contributed by atoms with Crippen molar-refractivity contribution in [2.45, 2.75) is 52.5 Å². The number of aromatic nitrogens is 2. The van der Waals surface area contributed by atoms with Crippen molar-refractivity contribution in [3.8, 4) is 0 Å². The standard InChI is InChI=1S/C17H29N5O2/c1-4-6-9-18-15-12-13(3)19-16(21-15)20-14-7-10-22(11-8-14)17(23)24-5-2/h12,14H,4-11H2,1-3H3,(H2,18,19,20,21). The molecule has 0 bridgehead atoms. The van der Waals surface area contributed by atoms with E-state index >= 15 is 0 Å². The Bertz CT molecular complexity index is 530. The average Bonchev–Trinajstić information content (AvgIpc) is 2.55. The number of nitrogens with one attached hydrogen (secondary N) is 2. The molecular formula is C17H29N5O2. The van der Waals surface area contributed by atoms with Gasteiger partial charge in [0.1, 0.15) is 5.82 Å². The fourth-order valence-electron chi connectivity index (χ4n) is 2.72. The second-order valence-electron chi connectivity index (χ2n) is 6.10. The topological polar surface area (TPSA) is 79.4 Å². The van der Waals surface area contributed by atoms with Crippen LogP contribution in [-0.4, -0.2) is 53.2 Å².